The summed E-state index contributed by atoms with van der Waals surface area (Å²) in [6.45, 7) is 0. The molecule has 3 aromatic carbocycles. The Labute approximate surface area is 206 Å². The molecule has 158 valence electrons. The predicted molar refractivity (Wildman–Crippen MR) is 125 cm³/mol. The molecule has 1 N–H and O–H groups in total. The smallest absolute Gasteiger partial charge is 0.141 e. The van der Waals surface area contributed by atoms with Crippen molar-refractivity contribution in [3.05, 3.63) is 97.1 Å². The summed E-state index contributed by atoms with van der Waals surface area (Å²) in [6.07, 6.45) is 1.46. The number of fused-ring (bicyclic) bond motifs is 4. The first-order valence-corrected chi connectivity index (χ1v) is 10.6. The van der Waals surface area contributed by atoms with Crippen molar-refractivity contribution in [2.75, 3.05) is 0 Å². The van der Waals surface area contributed by atoms with Gasteiger partial charge in [-0.05, 0) is 41.7 Å². The zero-order valence-corrected chi connectivity index (χ0v) is 19.6. The van der Waals surface area contributed by atoms with Crippen molar-refractivity contribution in [2.24, 2.45) is 0 Å². The summed E-state index contributed by atoms with van der Waals surface area (Å²) in [5.41, 5.74) is 2.30. The van der Waals surface area contributed by atoms with Crippen molar-refractivity contribution in [1.82, 2.24) is 14.5 Å². The molecule has 6 heteroatoms. The molecule has 32 heavy (non-hydrogen) atoms. The maximum absolute atomic E-state index is 10.2. The molecule has 0 amide bonds. The first-order valence-electron chi connectivity index (χ1n) is 10.7. The van der Waals surface area contributed by atoms with E-state index in [4.69, 9.17) is 2.74 Å². The van der Waals surface area contributed by atoms with Crippen LogP contribution in [-0.4, -0.2) is 19.6 Å². The van der Waals surface area contributed by atoms with Gasteiger partial charge in [0.25, 0.3) is 0 Å². The van der Waals surface area contributed by atoms with Crippen molar-refractivity contribution >= 4 is 44.5 Å². The van der Waals surface area contributed by atoms with Crippen molar-refractivity contribution in [2.45, 2.75) is 9.92 Å². The van der Waals surface area contributed by atoms with E-state index < -0.39 is 0 Å². The number of aromatic hydroxyl groups is 1. The molecule has 0 aliphatic carbocycles. The number of para-hydroxylation sites is 2. The van der Waals surface area contributed by atoms with Crippen LogP contribution in [0.4, 0.5) is 0 Å². The second-order valence-electron chi connectivity index (χ2n) is 7.07. The molecule has 4 nitrogen and oxygen atoms in total. The average Bonchev–Trinajstić information content (AvgIpc) is 3.13. The number of aromatic nitrogens is 3. The minimum Gasteiger partial charge on any atom is -0.506 e. The van der Waals surface area contributed by atoms with Gasteiger partial charge in [0.15, 0.2) is 0 Å². The van der Waals surface area contributed by atoms with Crippen LogP contribution in [0.5, 0.6) is 5.75 Å². The van der Waals surface area contributed by atoms with Gasteiger partial charge >= 0.3 is 0 Å². The molecule has 6 rings (SSSR count). The second kappa shape index (κ2) is 8.42. The molecule has 0 fully saturated rings. The maximum Gasteiger partial charge on any atom is 0.141 e. The summed E-state index contributed by atoms with van der Waals surface area (Å²) < 4.78 is 18.1. The zero-order valence-electron chi connectivity index (χ0n) is 18.5. The molecule has 6 aromatic rings. The van der Waals surface area contributed by atoms with Crippen molar-refractivity contribution in [3.63, 3.8) is 0 Å². The molecule has 3 aromatic heterocycles. The van der Waals surface area contributed by atoms with E-state index in [0.717, 1.165) is 37.1 Å². The van der Waals surface area contributed by atoms with Crippen LogP contribution in [0, 0.1) is 6.07 Å². The van der Waals surface area contributed by atoms with E-state index >= 15 is 0 Å². The summed E-state index contributed by atoms with van der Waals surface area (Å²) in [4.78, 5) is 9.88. The third-order valence-corrected chi connectivity index (χ3v) is 6.10. The van der Waals surface area contributed by atoms with Crippen LogP contribution in [-0.2, 0) is 21.1 Å². The SMILES string of the molecule is [2H]c1cnc(-n2c3[c-]c(Sc4ccc5cccc(O)c5n4)ccc3c3ccccc32)c([2H])c1.[Pt]. The van der Waals surface area contributed by atoms with Crippen molar-refractivity contribution in [1.29, 1.82) is 0 Å². The van der Waals surface area contributed by atoms with Crippen LogP contribution in [0.2, 0.25) is 0 Å². The Bertz CT molecular complexity index is 1700. The summed E-state index contributed by atoms with van der Waals surface area (Å²) in [5, 5.41) is 13.9. The van der Waals surface area contributed by atoms with Crippen LogP contribution >= 0.6 is 11.8 Å². The molecule has 0 saturated carbocycles. The molecular weight excluding hydrogens is 597 g/mol. The van der Waals surface area contributed by atoms with Crippen LogP contribution in [0.1, 0.15) is 2.74 Å². The van der Waals surface area contributed by atoms with Gasteiger partial charge in [-0.1, -0.05) is 58.6 Å². The minimum absolute atomic E-state index is 0. The number of phenols is 1. The Balaban J connectivity index is 0.00000241. The van der Waals surface area contributed by atoms with Gasteiger partial charge < -0.3 is 9.67 Å². The molecule has 0 aliphatic rings. The molecule has 0 radical (unpaired) electrons. The van der Waals surface area contributed by atoms with E-state index in [1.807, 2.05) is 59.2 Å². The summed E-state index contributed by atoms with van der Waals surface area (Å²) in [7, 11) is 0. The quantitative estimate of drug-likeness (QED) is 0.235. The summed E-state index contributed by atoms with van der Waals surface area (Å²) in [6, 6.07) is 26.6. The molecule has 0 unspecified atom stereocenters. The number of rotatable bonds is 3. The third-order valence-electron chi connectivity index (χ3n) is 5.20. The molecular formula is C26H16N3OPtS-. The Morgan fingerprint density at radius 3 is 2.75 bits per heavy atom. The van der Waals surface area contributed by atoms with E-state index in [1.54, 1.807) is 12.1 Å². The van der Waals surface area contributed by atoms with Crippen molar-refractivity contribution in [3.8, 4) is 11.6 Å². The molecule has 3 heterocycles. The van der Waals surface area contributed by atoms with E-state index in [9.17, 15) is 5.11 Å². The van der Waals surface area contributed by atoms with Crippen LogP contribution in [0.3, 0.4) is 0 Å². The number of pyridine rings is 2. The normalized spacial score (nSPS) is 12.0. The fourth-order valence-electron chi connectivity index (χ4n) is 3.84. The van der Waals surface area contributed by atoms with Gasteiger partial charge in [-0.25, -0.2) is 9.97 Å². The topological polar surface area (TPSA) is 50.9 Å². The number of benzene rings is 3. The number of hydrogen-bond acceptors (Lipinski definition) is 4. The van der Waals surface area contributed by atoms with E-state index in [2.05, 4.69) is 16.0 Å². The first-order chi connectivity index (χ1) is 16.1. The number of phenolic OH excluding ortho intramolecular Hbond substituents is 1. The Hall–Kier alpha value is -3.14. The molecule has 0 aliphatic heterocycles. The fraction of sp³-hybridized carbons (Fsp3) is 0. The third kappa shape index (κ3) is 3.48. The van der Waals surface area contributed by atoms with Gasteiger partial charge in [0, 0.05) is 38.2 Å². The summed E-state index contributed by atoms with van der Waals surface area (Å²) >= 11 is 1.46. The Morgan fingerprint density at radius 1 is 0.938 bits per heavy atom. The molecule has 0 spiro atoms. The zero-order chi connectivity index (χ0) is 22.5. The standard InChI is InChI=1S/C26H16N3OS.Pt/c30-23-9-5-6-17-11-14-25(28-26(17)23)31-18-12-13-20-19-7-1-2-8-21(19)29(22(20)16-18)24-10-3-4-15-27-24;/h1-15,30H;/q-1;/i4D,10D;. The summed E-state index contributed by atoms with van der Waals surface area (Å²) in [5.74, 6) is 0.616. The Morgan fingerprint density at radius 2 is 1.84 bits per heavy atom. The number of hydrogen-bond donors (Lipinski definition) is 1. The van der Waals surface area contributed by atoms with Gasteiger partial charge in [0.05, 0.1) is 7.77 Å². The first kappa shape index (κ1) is 18.4. The van der Waals surface area contributed by atoms with Crippen LogP contribution < -0.4 is 0 Å². The molecule has 0 atom stereocenters. The molecule has 0 saturated heterocycles. The second-order valence-corrected chi connectivity index (χ2v) is 8.14. The van der Waals surface area contributed by atoms with Crippen molar-refractivity contribution < 1.29 is 28.9 Å². The molecule has 0 bridgehead atoms. The fourth-order valence-corrected chi connectivity index (χ4v) is 4.62. The van der Waals surface area contributed by atoms with Gasteiger partial charge in [0.1, 0.15) is 17.1 Å². The minimum atomic E-state index is 0. The van der Waals surface area contributed by atoms with Gasteiger partial charge in [-0.15, -0.1) is 11.5 Å². The largest absolute Gasteiger partial charge is 0.506 e. The predicted octanol–water partition coefficient (Wildman–Crippen LogP) is 6.38. The van der Waals surface area contributed by atoms with Crippen LogP contribution in [0.15, 0.2) is 101 Å². The van der Waals surface area contributed by atoms with Gasteiger partial charge in [0.2, 0.25) is 0 Å². The number of nitrogens with zero attached hydrogens (tertiary/aromatic N) is 3. The Kier molecular flexibility index (Phi) is 4.85. The van der Waals surface area contributed by atoms with E-state index in [-0.39, 0.29) is 38.9 Å². The monoisotopic (exact) mass is 615 g/mol. The van der Waals surface area contributed by atoms with Gasteiger partial charge in [-0.3, -0.25) is 0 Å². The van der Waals surface area contributed by atoms with E-state index in [1.165, 1.54) is 24.0 Å². The van der Waals surface area contributed by atoms with E-state index in [0.29, 0.717) is 11.3 Å². The van der Waals surface area contributed by atoms with Crippen LogP contribution in [0.25, 0.3) is 38.5 Å². The average molecular weight is 616 g/mol. The maximum atomic E-state index is 10.2. The van der Waals surface area contributed by atoms with Gasteiger partial charge in [-0.2, -0.15) is 12.1 Å².